The van der Waals surface area contributed by atoms with Crippen LogP contribution in [0.2, 0.25) is 0 Å². The van der Waals surface area contributed by atoms with Crippen molar-refractivity contribution in [3.63, 3.8) is 0 Å². The molecule has 0 aliphatic heterocycles. The highest BCUT2D eigenvalue weighted by atomic mass is 28.2. The summed E-state index contributed by atoms with van der Waals surface area (Å²) in [6, 6.07) is 10.5. The minimum Gasteiger partial charge on any atom is -0.412 e. The maximum atomic E-state index is 3.72. The van der Waals surface area contributed by atoms with E-state index in [2.05, 4.69) is 36.5 Å². The highest BCUT2D eigenvalue weighted by Gasteiger charge is 1.83. The van der Waals surface area contributed by atoms with Gasteiger partial charge in [-0.25, -0.2) is 0 Å². The molecule has 10 heavy (non-hydrogen) atoms. The Morgan fingerprint density at radius 3 is 2.30 bits per heavy atom. The average molecular weight is 152 g/mol. The quantitative estimate of drug-likeness (QED) is 0.526. The summed E-state index contributed by atoms with van der Waals surface area (Å²) in [5.74, 6) is 0. The zero-order valence-electron chi connectivity index (χ0n) is 5.88. The predicted molar refractivity (Wildman–Crippen MR) is 48.4 cm³/mol. The highest BCUT2D eigenvalue weighted by Crippen LogP contribution is 1.80. The lowest BCUT2D eigenvalue weighted by molar-refractivity contribution is 0.824. The van der Waals surface area contributed by atoms with Gasteiger partial charge < -0.3 is 5.48 Å². The third-order valence-corrected chi connectivity index (χ3v) is 2.45. The topological polar surface area (TPSA) is 31.5 Å². The molecule has 0 fully saturated rings. The number of hydrogen-bond acceptors (Lipinski definition) is 0. The third-order valence-electron chi connectivity index (χ3n) is 1.22. The van der Waals surface area contributed by atoms with E-state index in [4.69, 9.17) is 0 Å². The van der Waals surface area contributed by atoms with Crippen LogP contribution in [0.25, 0.3) is 0 Å². The van der Waals surface area contributed by atoms with Crippen LogP contribution in [0, 0.1) is 0 Å². The molecule has 0 amide bonds. The van der Waals surface area contributed by atoms with E-state index in [1.165, 1.54) is 5.19 Å². The van der Waals surface area contributed by atoms with Gasteiger partial charge in [-0.1, -0.05) is 35.5 Å². The van der Waals surface area contributed by atoms with E-state index in [0.29, 0.717) is 0 Å². The fourth-order valence-electron chi connectivity index (χ4n) is 0.781. The zero-order valence-corrected chi connectivity index (χ0v) is 7.29. The molecule has 1 rings (SSSR count). The summed E-state index contributed by atoms with van der Waals surface area (Å²) in [7, 11) is -0.137. The van der Waals surface area contributed by atoms with Gasteiger partial charge in [0.15, 0.2) is 0 Å². The summed E-state index contributed by atoms with van der Waals surface area (Å²) in [5, 5.41) is 1.47. The summed E-state index contributed by atoms with van der Waals surface area (Å²) in [6.45, 7) is 3.72. The van der Waals surface area contributed by atoms with Crippen LogP contribution in [-0.4, -0.2) is 15.0 Å². The molecule has 0 bridgehead atoms. The van der Waals surface area contributed by atoms with Crippen molar-refractivity contribution < 1.29 is 5.48 Å². The van der Waals surface area contributed by atoms with Crippen LogP contribution < -0.4 is 5.19 Å². The summed E-state index contributed by atoms with van der Waals surface area (Å²) in [5.41, 5.74) is 2.05. The van der Waals surface area contributed by atoms with Gasteiger partial charge in [0.2, 0.25) is 0 Å². The van der Waals surface area contributed by atoms with Crippen LogP contribution in [0.4, 0.5) is 0 Å². The Morgan fingerprint density at radius 2 is 1.80 bits per heavy atom. The van der Waals surface area contributed by atoms with E-state index in [-0.39, 0.29) is 15.0 Å². The molecule has 1 aromatic carbocycles. The van der Waals surface area contributed by atoms with Gasteiger partial charge in [-0.15, -0.1) is 12.3 Å². The largest absolute Gasteiger partial charge is 0.412 e. The van der Waals surface area contributed by atoms with Gasteiger partial charge in [-0.2, -0.15) is 0 Å². The van der Waals surface area contributed by atoms with Gasteiger partial charge in [0.05, 0.1) is 9.52 Å². The summed E-state index contributed by atoms with van der Waals surface area (Å²) >= 11 is 0. The molecule has 1 nitrogen and oxygen atoms in total. The Balaban J connectivity index is 0.000000810. The molecule has 0 aliphatic rings. The standard InChI is InChI=1S/C8H10Si.H2O/c1-2-9-8-6-4-3-5-7-8;/h2-7H,1,9H2;1H2. The van der Waals surface area contributed by atoms with E-state index >= 15 is 0 Å². The Morgan fingerprint density at radius 1 is 1.20 bits per heavy atom. The Hall–Kier alpha value is -0.863. The molecule has 54 valence electrons. The first-order valence-corrected chi connectivity index (χ1v) is 4.60. The minimum absolute atomic E-state index is 0. The molecule has 0 saturated carbocycles. The lowest BCUT2D eigenvalue weighted by atomic mass is 10.4. The van der Waals surface area contributed by atoms with Crippen molar-refractivity contribution >= 4 is 14.7 Å². The van der Waals surface area contributed by atoms with Gasteiger partial charge in [0.1, 0.15) is 0 Å². The van der Waals surface area contributed by atoms with Crippen molar-refractivity contribution in [1.29, 1.82) is 0 Å². The van der Waals surface area contributed by atoms with E-state index in [0.717, 1.165) is 0 Å². The van der Waals surface area contributed by atoms with Gasteiger partial charge in [-0.3, -0.25) is 0 Å². The fourth-order valence-corrected chi connectivity index (χ4v) is 1.66. The second-order valence-electron chi connectivity index (χ2n) is 1.98. The molecule has 2 heteroatoms. The molecule has 0 aliphatic carbocycles. The molecule has 0 spiro atoms. The van der Waals surface area contributed by atoms with E-state index < -0.39 is 0 Å². The lowest BCUT2D eigenvalue weighted by Gasteiger charge is -1.90. The third kappa shape index (κ3) is 2.62. The molecular formula is C8H12OSi. The first-order valence-electron chi connectivity index (χ1n) is 3.08. The van der Waals surface area contributed by atoms with Crippen LogP contribution in [0.5, 0.6) is 0 Å². The van der Waals surface area contributed by atoms with Gasteiger partial charge in [0, 0.05) is 0 Å². The molecule has 2 N–H and O–H groups in total. The average Bonchev–Trinajstić information content (AvgIpc) is 1.91. The smallest absolute Gasteiger partial charge is 0.0775 e. The first kappa shape index (κ1) is 9.14. The van der Waals surface area contributed by atoms with E-state index in [1.807, 2.05) is 6.07 Å². The minimum atomic E-state index is -0.137. The van der Waals surface area contributed by atoms with Crippen molar-refractivity contribution in [2.24, 2.45) is 0 Å². The van der Waals surface area contributed by atoms with E-state index in [1.54, 1.807) is 0 Å². The van der Waals surface area contributed by atoms with Crippen molar-refractivity contribution in [2.75, 3.05) is 0 Å². The van der Waals surface area contributed by atoms with Crippen molar-refractivity contribution in [3.05, 3.63) is 42.6 Å². The van der Waals surface area contributed by atoms with Crippen LogP contribution in [0.1, 0.15) is 0 Å². The molecule has 0 aromatic heterocycles. The van der Waals surface area contributed by atoms with Crippen LogP contribution >= 0.6 is 0 Å². The van der Waals surface area contributed by atoms with Crippen LogP contribution in [0.3, 0.4) is 0 Å². The van der Waals surface area contributed by atoms with Crippen molar-refractivity contribution in [1.82, 2.24) is 0 Å². The normalized spacial score (nSPS) is 9.20. The zero-order chi connectivity index (χ0) is 6.53. The molecular weight excluding hydrogens is 140 g/mol. The summed E-state index contributed by atoms with van der Waals surface area (Å²) < 4.78 is 0. The first-order chi connectivity index (χ1) is 4.43. The van der Waals surface area contributed by atoms with Crippen LogP contribution in [-0.2, 0) is 0 Å². The van der Waals surface area contributed by atoms with Gasteiger partial charge in [0.25, 0.3) is 0 Å². The monoisotopic (exact) mass is 152 g/mol. The number of rotatable bonds is 2. The Kier molecular flexibility index (Phi) is 4.54. The second kappa shape index (κ2) is 4.96. The highest BCUT2D eigenvalue weighted by molar-refractivity contribution is 6.58. The Bertz CT molecular complexity index is 184. The predicted octanol–water partition coefficient (Wildman–Crippen LogP) is -0.201. The maximum absolute atomic E-state index is 3.72. The molecule has 0 radical (unpaired) electrons. The Labute approximate surface area is 63.5 Å². The SMILES string of the molecule is C=C[SiH2]c1ccccc1.O. The van der Waals surface area contributed by atoms with Gasteiger partial charge >= 0.3 is 0 Å². The van der Waals surface area contributed by atoms with Gasteiger partial charge in [-0.05, 0) is 0 Å². The summed E-state index contributed by atoms with van der Waals surface area (Å²) in [6.07, 6.45) is 0. The number of hydrogen-bond donors (Lipinski definition) is 0. The number of benzene rings is 1. The maximum Gasteiger partial charge on any atom is 0.0775 e. The van der Waals surface area contributed by atoms with E-state index in [9.17, 15) is 0 Å². The van der Waals surface area contributed by atoms with Crippen molar-refractivity contribution in [2.45, 2.75) is 0 Å². The molecule has 0 heterocycles. The molecule has 0 unspecified atom stereocenters. The molecule has 1 aromatic rings. The fraction of sp³-hybridized carbons (Fsp3) is 0. The second-order valence-corrected chi connectivity index (χ2v) is 3.78. The van der Waals surface area contributed by atoms with Crippen LogP contribution in [0.15, 0.2) is 42.6 Å². The molecule has 0 saturated heterocycles. The lowest BCUT2D eigenvalue weighted by Crippen LogP contribution is -2.09. The summed E-state index contributed by atoms with van der Waals surface area (Å²) in [4.78, 5) is 0. The van der Waals surface area contributed by atoms with Crippen molar-refractivity contribution in [3.8, 4) is 0 Å². The molecule has 0 atom stereocenters.